The van der Waals surface area contributed by atoms with E-state index in [-0.39, 0.29) is 17.1 Å². The van der Waals surface area contributed by atoms with E-state index in [1.165, 1.54) is 18.5 Å². The van der Waals surface area contributed by atoms with Gasteiger partial charge in [0.1, 0.15) is 5.69 Å². The number of aryl methyl sites for hydroxylation is 2. The first-order valence-electron chi connectivity index (χ1n) is 11.1. The Bertz CT molecular complexity index is 1300. The Morgan fingerprint density at radius 2 is 2.03 bits per heavy atom. The molecule has 3 aromatic heterocycles. The summed E-state index contributed by atoms with van der Waals surface area (Å²) in [4.78, 5) is 4.25. The van der Waals surface area contributed by atoms with Crippen molar-refractivity contribution in [3.05, 3.63) is 53.7 Å². The van der Waals surface area contributed by atoms with E-state index in [0.717, 1.165) is 27.7 Å². The highest BCUT2D eigenvalue weighted by molar-refractivity contribution is 7.80. The molecule has 0 spiro atoms. The quantitative estimate of drug-likeness (QED) is 0.300. The van der Waals surface area contributed by atoms with Gasteiger partial charge >= 0.3 is 6.18 Å². The molecule has 3 heterocycles. The number of nitrogens with zero attached hydrogens (tertiary/aromatic N) is 5. The minimum Gasteiger partial charge on any atom is -0.490 e. The number of unbranched alkanes of at least 4 members (excludes halogenated alkanes) is 1. The minimum absolute atomic E-state index is 0.00188. The van der Waals surface area contributed by atoms with Crippen molar-refractivity contribution in [2.45, 2.75) is 45.7 Å². The fourth-order valence-electron chi connectivity index (χ4n) is 3.39. The molecule has 0 aliphatic heterocycles. The molecule has 35 heavy (non-hydrogen) atoms. The monoisotopic (exact) mass is 510 g/mol. The highest BCUT2D eigenvalue weighted by Gasteiger charge is 2.39. The van der Waals surface area contributed by atoms with Gasteiger partial charge in [0.15, 0.2) is 23.0 Å². The van der Waals surface area contributed by atoms with E-state index < -0.39 is 23.0 Å². The average Bonchev–Trinajstić information content (AvgIpc) is 3.51. The summed E-state index contributed by atoms with van der Waals surface area (Å²) in [6.07, 6.45) is 0.746. The number of benzene rings is 1. The molecule has 1 unspecified atom stereocenters. The van der Waals surface area contributed by atoms with Gasteiger partial charge in [-0.2, -0.15) is 22.9 Å². The fraction of sp³-hybridized carbons (Fsp3) is 0.409. The summed E-state index contributed by atoms with van der Waals surface area (Å²) in [6.45, 7) is 4.51. The largest absolute Gasteiger partial charge is 0.490 e. The first-order chi connectivity index (χ1) is 16.8. The smallest absolute Gasteiger partial charge is 0.435 e. The molecule has 0 radical (unpaired) electrons. The third-order valence-electron chi connectivity index (χ3n) is 5.08. The third-order valence-corrected chi connectivity index (χ3v) is 6.07. The Balaban J connectivity index is 1.41. The van der Waals surface area contributed by atoms with Gasteiger partial charge in [0.05, 0.1) is 12.4 Å². The van der Waals surface area contributed by atoms with Crippen LogP contribution in [0.3, 0.4) is 0 Å². The van der Waals surface area contributed by atoms with Gasteiger partial charge in [-0.05, 0) is 43.5 Å². The fourth-order valence-corrected chi connectivity index (χ4v) is 4.19. The van der Waals surface area contributed by atoms with Crippen molar-refractivity contribution in [2.24, 2.45) is 0 Å². The van der Waals surface area contributed by atoms with Gasteiger partial charge in [-0.1, -0.05) is 19.4 Å². The van der Waals surface area contributed by atoms with Crippen LogP contribution < -0.4 is 8.92 Å². The predicted octanol–water partition coefficient (Wildman–Crippen LogP) is 4.42. The number of aromatic nitrogens is 6. The maximum atomic E-state index is 13.5. The van der Waals surface area contributed by atoms with E-state index in [1.54, 1.807) is 12.1 Å². The average molecular weight is 511 g/mol. The van der Waals surface area contributed by atoms with Crippen LogP contribution in [-0.4, -0.2) is 46.2 Å². The first kappa shape index (κ1) is 24.8. The summed E-state index contributed by atoms with van der Waals surface area (Å²) >= 11 is -1.64. The van der Waals surface area contributed by atoms with E-state index >= 15 is 0 Å². The van der Waals surface area contributed by atoms with Crippen LogP contribution in [-0.2, 0) is 23.7 Å². The number of hydrogen-bond donors (Lipinski definition) is 1. The van der Waals surface area contributed by atoms with Crippen LogP contribution >= 0.6 is 0 Å². The van der Waals surface area contributed by atoms with Gasteiger partial charge < -0.3 is 8.92 Å². The zero-order valence-electron chi connectivity index (χ0n) is 19.2. The standard InChI is InChI=1S/C22H25F3N6O3S/c1-3-4-12-33-16-9-8-15(2)14-17(16)34-35(32)13-5-7-18-27-21-19(30-11-6-10-26-30)20(22(23,24)25)29-31(21)28-18/h6,8-11,14,29H,3-5,7,12-13H2,1-2H3. The summed E-state index contributed by atoms with van der Waals surface area (Å²) in [5.41, 5.74) is -0.277. The summed E-state index contributed by atoms with van der Waals surface area (Å²) < 4.78 is 66.4. The van der Waals surface area contributed by atoms with Crippen LogP contribution in [0.1, 0.15) is 43.3 Å². The molecule has 0 aliphatic carbocycles. The number of rotatable bonds is 11. The lowest BCUT2D eigenvalue weighted by Crippen LogP contribution is -2.11. The van der Waals surface area contributed by atoms with E-state index in [4.69, 9.17) is 8.92 Å². The summed E-state index contributed by atoms with van der Waals surface area (Å²) in [5, 5.41) is 10.3. The van der Waals surface area contributed by atoms with Crippen LogP contribution in [0.25, 0.3) is 11.3 Å². The molecular formula is C22H25F3N6O3S. The van der Waals surface area contributed by atoms with E-state index in [9.17, 15) is 17.4 Å². The van der Waals surface area contributed by atoms with Gasteiger partial charge in [-0.15, -0.1) is 5.10 Å². The van der Waals surface area contributed by atoms with E-state index in [1.807, 2.05) is 13.0 Å². The number of ether oxygens (including phenoxy) is 1. The molecule has 1 atom stereocenters. The molecular weight excluding hydrogens is 485 g/mol. The lowest BCUT2D eigenvalue weighted by Gasteiger charge is -2.12. The van der Waals surface area contributed by atoms with Gasteiger partial charge in [-0.25, -0.2) is 13.9 Å². The Morgan fingerprint density at radius 3 is 2.74 bits per heavy atom. The molecule has 0 bridgehead atoms. The summed E-state index contributed by atoms with van der Waals surface area (Å²) in [6, 6.07) is 6.98. The normalized spacial score (nSPS) is 12.8. The predicted molar refractivity (Wildman–Crippen MR) is 123 cm³/mol. The maximum absolute atomic E-state index is 13.5. The second-order valence-corrected chi connectivity index (χ2v) is 9.08. The van der Waals surface area contributed by atoms with Crippen molar-refractivity contribution in [3.63, 3.8) is 0 Å². The molecule has 4 aromatic rings. The molecule has 13 heteroatoms. The molecule has 0 aliphatic rings. The van der Waals surface area contributed by atoms with Gasteiger partial charge in [0.2, 0.25) is 16.7 Å². The zero-order valence-corrected chi connectivity index (χ0v) is 20.0. The van der Waals surface area contributed by atoms with Crippen LogP contribution in [0.2, 0.25) is 0 Å². The van der Waals surface area contributed by atoms with Gasteiger partial charge in [-0.3, -0.25) is 5.10 Å². The first-order valence-corrected chi connectivity index (χ1v) is 12.4. The zero-order chi connectivity index (χ0) is 25.0. The number of hydrogen-bond acceptors (Lipinski definition) is 6. The van der Waals surface area contributed by atoms with Gasteiger partial charge in [0, 0.05) is 18.8 Å². The molecule has 1 aromatic carbocycles. The van der Waals surface area contributed by atoms with Crippen molar-refractivity contribution in [1.82, 2.24) is 29.6 Å². The SMILES string of the molecule is CCCCOc1ccc(C)cc1OS(=O)CCCc1nc2c(-n3cccn3)c(C(F)(F)F)[nH]n2n1. The highest BCUT2D eigenvalue weighted by Crippen LogP contribution is 2.34. The van der Waals surface area contributed by atoms with Gasteiger partial charge in [0.25, 0.3) is 0 Å². The maximum Gasteiger partial charge on any atom is 0.435 e. The van der Waals surface area contributed by atoms with Crippen molar-refractivity contribution >= 4 is 16.7 Å². The Hall–Kier alpha value is -3.35. The lowest BCUT2D eigenvalue weighted by molar-refractivity contribution is -0.141. The molecule has 0 saturated carbocycles. The second kappa shape index (κ2) is 10.5. The van der Waals surface area contributed by atoms with Crippen molar-refractivity contribution in [2.75, 3.05) is 12.4 Å². The topological polar surface area (TPSA) is 99.3 Å². The molecule has 188 valence electrons. The number of fused-ring (bicyclic) bond motifs is 1. The number of halogens is 3. The second-order valence-electron chi connectivity index (χ2n) is 7.89. The van der Waals surface area contributed by atoms with Crippen LogP contribution in [0.5, 0.6) is 11.5 Å². The molecule has 1 N–H and O–H groups in total. The molecule has 0 amide bonds. The van der Waals surface area contributed by atoms with Crippen LogP contribution in [0.4, 0.5) is 13.2 Å². The van der Waals surface area contributed by atoms with E-state index in [0.29, 0.717) is 36.8 Å². The summed E-state index contributed by atoms with van der Waals surface area (Å²) in [5.74, 6) is 1.45. The Labute approximate surface area is 201 Å². The molecule has 9 nitrogen and oxygen atoms in total. The molecule has 4 rings (SSSR count). The minimum atomic E-state index is -4.63. The Kier molecular flexibility index (Phi) is 7.43. The van der Waals surface area contributed by atoms with Crippen LogP contribution in [0, 0.1) is 6.92 Å². The summed E-state index contributed by atoms with van der Waals surface area (Å²) in [7, 11) is 0. The molecule has 0 saturated heterocycles. The number of aromatic amines is 1. The lowest BCUT2D eigenvalue weighted by atomic mass is 10.2. The highest BCUT2D eigenvalue weighted by atomic mass is 32.2. The van der Waals surface area contributed by atoms with Crippen LogP contribution in [0.15, 0.2) is 36.7 Å². The molecule has 0 fully saturated rings. The number of H-pyrrole nitrogens is 1. The van der Waals surface area contributed by atoms with Crippen molar-refractivity contribution < 1.29 is 26.3 Å². The Morgan fingerprint density at radius 1 is 1.20 bits per heavy atom. The third kappa shape index (κ3) is 5.84. The number of nitrogens with one attached hydrogen (secondary N) is 1. The number of alkyl halides is 3. The van der Waals surface area contributed by atoms with Crippen molar-refractivity contribution in [3.8, 4) is 17.2 Å². The van der Waals surface area contributed by atoms with E-state index in [2.05, 4.69) is 27.2 Å². The van der Waals surface area contributed by atoms with Crippen molar-refractivity contribution in [1.29, 1.82) is 0 Å².